The van der Waals surface area contributed by atoms with Gasteiger partial charge in [-0.25, -0.2) is 9.18 Å². The van der Waals surface area contributed by atoms with Crippen LogP contribution in [0.4, 0.5) is 4.39 Å². The summed E-state index contributed by atoms with van der Waals surface area (Å²) in [5.74, 6) is -1.15. The Morgan fingerprint density at radius 2 is 1.90 bits per heavy atom. The Kier molecular flexibility index (Phi) is 6.18. The Morgan fingerprint density at radius 1 is 1.24 bits per heavy atom. The molecule has 1 N–H and O–H groups in total. The lowest BCUT2D eigenvalue weighted by Gasteiger charge is -2.21. The minimum atomic E-state index is -0.632. The van der Waals surface area contributed by atoms with Gasteiger partial charge in [0.1, 0.15) is 5.82 Å². The molecule has 116 valence electrons. The van der Waals surface area contributed by atoms with Gasteiger partial charge >= 0.3 is 5.97 Å². The first-order valence-corrected chi connectivity index (χ1v) is 7.81. The molecule has 0 saturated heterocycles. The third-order valence-corrected chi connectivity index (χ3v) is 4.14. The molecule has 4 heteroatoms. The summed E-state index contributed by atoms with van der Waals surface area (Å²) in [5, 5.41) is 3.51. The lowest BCUT2D eigenvalue weighted by molar-refractivity contribution is 0.0595. The SMILES string of the molecule is COC(=O)c1ccc(CNC2CCCCCCC2)cc1F. The van der Waals surface area contributed by atoms with E-state index in [9.17, 15) is 9.18 Å². The second-order valence-corrected chi connectivity index (χ2v) is 5.73. The topological polar surface area (TPSA) is 38.3 Å². The number of hydrogen-bond acceptors (Lipinski definition) is 3. The first-order chi connectivity index (χ1) is 10.2. The van der Waals surface area contributed by atoms with E-state index in [1.165, 1.54) is 64.2 Å². The van der Waals surface area contributed by atoms with E-state index in [1.807, 2.05) is 0 Å². The molecule has 1 aliphatic carbocycles. The van der Waals surface area contributed by atoms with E-state index in [0.29, 0.717) is 12.6 Å². The number of methoxy groups -OCH3 is 1. The average molecular weight is 293 g/mol. The van der Waals surface area contributed by atoms with Crippen molar-refractivity contribution in [2.45, 2.75) is 57.5 Å². The van der Waals surface area contributed by atoms with Gasteiger partial charge in [0.05, 0.1) is 12.7 Å². The van der Waals surface area contributed by atoms with Gasteiger partial charge in [-0.2, -0.15) is 0 Å². The zero-order chi connectivity index (χ0) is 15.1. The Hall–Kier alpha value is -1.42. The van der Waals surface area contributed by atoms with Gasteiger partial charge in [-0.3, -0.25) is 0 Å². The van der Waals surface area contributed by atoms with Crippen LogP contribution in [0.5, 0.6) is 0 Å². The molecule has 0 radical (unpaired) electrons. The van der Waals surface area contributed by atoms with Crippen LogP contribution in [0.3, 0.4) is 0 Å². The first kappa shape index (κ1) is 16.0. The lowest BCUT2D eigenvalue weighted by Crippen LogP contribution is -2.29. The van der Waals surface area contributed by atoms with Crippen molar-refractivity contribution in [3.8, 4) is 0 Å². The molecule has 1 saturated carbocycles. The molecule has 0 atom stereocenters. The Labute approximate surface area is 125 Å². The van der Waals surface area contributed by atoms with E-state index in [-0.39, 0.29) is 5.56 Å². The van der Waals surface area contributed by atoms with Crippen molar-refractivity contribution in [3.05, 3.63) is 35.1 Å². The number of esters is 1. The van der Waals surface area contributed by atoms with Crippen LogP contribution in [0.1, 0.15) is 60.9 Å². The van der Waals surface area contributed by atoms with E-state index in [2.05, 4.69) is 10.1 Å². The quantitative estimate of drug-likeness (QED) is 0.858. The first-order valence-electron chi connectivity index (χ1n) is 7.81. The zero-order valence-corrected chi connectivity index (χ0v) is 12.7. The highest BCUT2D eigenvalue weighted by atomic mass is 19.1. The number of benzene rings is 1. The van der Waals surface area contributed by atoms with Crippen molar-refractivity contribution >= 4 is 5.97 Å². The summed E-state index contributed by atoms with van der Waals surface area (Å²) in [4.78, 5) is 11.3. The monoisotopic (exact) mass is 293 g/mol. The van der Waals surface area contributed by atoms with Gasteiger partial charge in [0.25, 0.3) is 0 Å². The molecule has 0 aromatic heterocycles. The van der Waals surface area contributed by atoms with Crippen molar-refractivity contribution in [2.75, 3.05) is 7.11 Å². The van der Waals surface area contributed by atoms with Crippen LogP contribution < -0.4 is 5.32 Å². The van der Waals surface area contributed by atoms with E-state index >= 15 is 0 Å². The molecule has 1 aromatic carbocycles. The van der Waals surface area contributed by atoms with Crippen molar-refractivity contribution in [1.29, 1.82) is 0 Å². The maximum atomic E-state index is 13.8. The maximum absolute atomic E-state index is 13.8. The molecule has 0 unspecified atom stereocenters. The number of carbonyl (C=O) groups excluding carboxylic acids is 1. The number of nitrogens with one attached hydrogen (secondary N) is 1. The molecular weight excluding hydrogens is 269 g/mol. The number of carbonyl (C=O) groups is 1. The second-order valence-electron chi connectivity index (χ2n) is 5.73. The summed E-state index contributed by atoms with van der Waals surface area (Å²) in [5.41, 5.74) is 0.856. The maximum Gasteiger partial charge on any atom is 0.340 e. The fourth-order valence-corrected chi connectivity index (χ4v) is 2.87. The van der Waals surface area contributed by atoms with Crippen LogP contribution in [0, 0.1) is 5.82 Å². The Balaban J connectivity index is 1.90. The molecule has 21 heavy (non-hydrogen) atoms. The van der Waals surface area contributed by atoms with Gasteiger partial charge in [-0.05, 0) is 30.5 Å². The largest absolute Gasteiger partial charge is 0.465 e. The molecule has 0 amide bonds. The molecule has 1 fully saturated rings. The number of ether oxygens (including phenoxy) is 1. The molecule has 1 aliphatic rings. The van der Waals surface area contributed by atoms with Crippen LogP contribution in [-0.4, -0.2) is 19.1 Å². The van der Waals surface area contributed by atoms with Crippen LogP contribution >= 0.6 is 0 Å². The molecule has 0 spiro atoms. The predicted molar refractivity (Wildman–Crippen MR) is 80.7 cm³/mol. The molecule has 0 bridgehead atoms. The molecule has 0 heterocycles. The van der Waals surface area contributed by atoms with Crippen LogP contribution in [-0.2, 0) is 11.3 Å². The second kappa shape index (κ2) is 8.13. The van der Waals surface area contributed by atoms with Gasteiger partial charge < -0.3 is 10.1 Å². The Bertz CT molecular complexity index is 468. The van der Waals surface area contributed by atoms with E-state index < -0.39 is 11.8 Å². The minimum absolute atomic E-state index is 0.00722. The van der Waals surface area contributed by atoms with Gasteiger partial charge in [0, 0.05) is 12.6 Å². The normalized spacial score (nSPS) is 17.0. The highest BCUT2D eigenvalue weighted by Crippen LogP contribution is 2.18. The van der Waals surface area contributed by atoms with Crippen LogP contribution in [0.25, 0.3) is 0 Å². The minimum Gasteiger partial charge on any atom is -0.465 e. The third kappa shape index (κ3) is 4.81. The molecular formula is C17H24FNO2. The van der Waals surface area contributed by atoms with Crippen molar-refractivity contribution in [3.63, 3.8) is 0 Å². The molecule has 2 rings (SSSR count). The van der Waals surface area contributed by atoms with Crippen molar-refractivity contribution < 1.29 is 13.9 Å². The van der Waals surface area contributed by atoms with Gasteiger partial charge in [-0.15, -0.1) is 0 Å². The lowest BCUT2D eigenvalue weighted by atomic mass is 9.96. The van der Waals surface area contributed by atoms with E-state index in [4.69, 9.17) is 0 Å². The van der Waals surface area contributed by atoms with Gasteiger partial charge in [0.15, 0.2) is 0 Å². The summed E-state index contributed by atoms with van der Waals surface area (Å²) in [6, 6.07) is 5.22. The third-order valence-electron chi connectivity index (χ3n) is 4.14. The summed E-state index contributed by atoms with van der Waals surface area (Å²) >= 11 is 0. The average Bonchev–Trinajstić information content (AvgIpc) is 2.45. The number of rotatable bonds is 4. The van der Waals surface area contributed by atoms with Gasteiger partial charge in [-0.1, -0.05) is 38.2 Å². The fraction of sp³-hybridized carbons (Fsp3) is 0.588. The molecule has 3 nitrogen and oxygen atoms in total. The summed E-state index contributed by atoms with van der Waals surface area (Å²) in [6.45, 7) is 0.642. The highest BCUT2D eigenvalue weighted by Gasteiger charge is 2.14. The number of halogens is 1. The highest BCUT2D eigenvalue weighted by molar-refractivity contribution is 5.89. The molecule has 1 aromatic rings. The van der Waals surface area contributed by atoms with Crippen LogP contribution in [0.15, 0.2) is 18.2 Å². The zero-order valence-electron chi connectivity index (χ0n) is 12.7. The summed E-state index contributed by atoms with van der Waals surface area (Å²) < 4.78 is 18.4. The standard InChI is InChI=1S/C17H24FNO2/c1-21-17(20)15-10-9-13(11-16(15)18)12-19-14-7-5-3-2-4-6-8-14/h9-11,14,19H,2-8,12H2,1H3. The summed E-state index contributed by atoms with van der Waals surface area (Å²) in [7, 11) is 1.26. The predicted octanol–water partition coefficient (Wildman–Crippen LogP) is 3.81. The number of hydrogen-bond donors (Lipinski definition) is 1. The van der Waals surface area contributed by atoms with Gasteiger partial charge in [0.2, 0.25) is 0 Å². The van der Waals surface area contributed by atoms with E-state index in [1.54, 1.807) is 6.07 Å². The summed E-state index contributed by atoms with van der Waals surface area (Å²) in [6.07, 6.45) is 8.93. The molecule has 0 aliphatic heterocycles. The van der Waals surface area contributed by atoms with E-state index in [0.717, 1.165) is 5.56 Å². The van der Waals surface area contributed by atoms with Crippen LogP contribution in [0.2, 0.25) is 0 Å². The fourth-order valence-electron chi connectivity index (χ4n) is 2.87. The smallest absolute Gasteiger partial charge is 0.340 e. The van der Waals surface area contributed by atoms with Crippen molar-refractivity contribution in [2.24, 2.45) is 0 Å². The van der Waals surface area contributed by atoms with Crippen molar-refractivity contribution in [1.82, 2.24) is 5.32 Å². The Morgan fingerprint density at radius 3 is 2.52 bits per heavy atom.